The van der Waals surface area contributed by atoms with E-state index in [9.17, 15) is 9.59 Å². The number of amides is 2. The van der Waals surface area contributed by atoms with Crippen LogP contribution in [0.3, 0.4) is 0 Å². The summed E-state index contributed by atoms with van der Waals surface area (Å²) < 4.78 is 0. The van der Waals surface area contributed by atoms with Crippen LogP contribution in [0, 0.1) is 0 Å². The summed E-state index contributed by atoms with van der Waals surface area (Å²) in [4.78, 5) is 23.1. The lowest BCUT2D eigenvalue weighted by molar-refractivity contribution is -0.130. The Kier molecular flexibility index (Phi) is 4.36. The van der Waals surface area contributed by atoms with E-state index >= 15 is 0 Å². The first-order chi connectivity index (χ1) is 8.25. The Morgan fingerprint density at radius 3 is 2.82 bits per heavy atom. The Hall–Kier alpha value is -1.10. The van der Waals surface area contributed by atoms with Gasteiger partial charge in [-0.15, -0.1) is 0 Å². The third-order valence-electron chi connectivity index (χ3n) is 3.50. The molecule has 0 aromatic heterocycles. The summed E-state index contributed by atoms with van der Waals surface area (Å²) >= 11 is 0. The molecule has 2 fully saturated rings. The smallest absolute Gasteiger partial charge is 0.242 e. The van der Waals surface area contributed by atoms with E-state index in [2.05, 4.69) is 16.0 Å². The number of nitrogens with one attached hydrogen (secondary N) is 3. The predicted molar refractivity (Wildman–Crippen MR) is 64.4 cm³/mol. The molecule has 5 nitrogen and oxygen atoms in total. The molecule has 0 saturated carbocycles. The zero-order valence-electron chi connectivity index (χ0n) is 10.1. The SMILES string of the molecule is O=C(CCC1CCCN1)NC1CCCNC1=O. The molecule has 3 N–H and O–H groups in total. The largest absolute Gasteiger partial charge is 0.354 e. The van der Waals surface area contributed by atoms with Gasteiger partial charge in [0.25, 0.3) is 0 Å². The number of hydrogen-bond donors (Lipinski definition) is 3. The normalized spacial score (nSPS) is 28.8. The molecule has 2 rings (SSSR count). The molecular formula is C12H21N3O2. The lowest BCUT2D eigenvalue weighted by Crippen LogP contribution is -2.50. The van der Waals surface area contributed by atoms with E-state index in [0.717, 1.165) is 38.8 Å². The van der Waals surface area contributed by atoms with Crippen molar-refractivity contribution in [2.45, 2.75) is 50.6 Å². The van der Waals surface area contributed by atoms with E-state index < -0.39 is 0 Å². The first-order valence-corrected chi connectivity index (χ1v) is 6.56. The van der Waals surface area contributed by atoms with Gasteiger partial charge in [-0.05, 0) is 38.6 Å². The number of hydrogen-bond acceptors (Lipinski definition) is 3. The highest BCUT2D eigenvalue weighted by Crippen LogP contribution is 2.11. The van der Waals surface area contributed by atoms with Gasteiger partial charge < -0.3 is 16.0 Å². The van der Waals surface area contributed by atoms with Crippen LogP contribution in [0.2, 0.25) is 0 Å². The lowest BCUT2D eigenvalue weighted by Gasteiger charge is -2.23. The molecule has 2 aliphatic rings. The minimum atomic E-state index is -0.312. The molecule has 2 aliphatic heterocycles. The molecule has 2 amide bonds. The molecule has 2 atom stereocenters. The Morgan fingerprint density at radius 2 is 2.12 bits per heavy atom. The molecule has 0 aromatic rings. The van der Waals surface area contributed by atoms with E-state index in [1.165, 1.54) is 6.42 Å². The van der Waals surface area contributed by atoms with Gasteiger partial charge in [-0.2, -0.15) is 0 Å². The maximum atomic E-state index is 11.7. The van der Waals surface area contributed by atoms with Crippen molar-refractivity contribution >= 4 is 11.8 Å². The maximum Gasteiger partial charge on any atom is 0.242 e. The molecule has 96 valence electrons. The number of carbonyl (C=O) groups is 2. The molecule has 5 heteroatoms. The van der Waals surface area contributed by atoms with E-state index in [1.54, 1.807) is 0 Å². The van der Waals surface area contributed by atoms with Gasteiger partial charge in [0.05, 0.1) is 0 Å². The van der Waals surface area contributed by atoms with E-state index in [0.29, 0.717) is 12.5 Å². The van der Waals surface area contributed by atoms with E-state index in [1.807, 2.05) is 0 Å². The highest BCUT2D eigenvalue weighted by Gasteiger charge is 2.24. The number of rotatable bonds is 4. The second kappa shape index (κ2) is 6.00. The Bertz CT molecular complexity index is 287. The second-order valence-electron chi connectivity index (χ2n) is 4.89. The molecular weight excluding hydrogens is 218 g/mol. The van der Waals surface area contributed by atoms with Crippen LogP contribution in [0.15, 0.2) is 0 Å². The van der Waals surface area contributed by atoms with Crippen LogP contribution >= 0.6 is 0 Å². The van der Waals surface area contributed by atoms with Gasteiger partial charge in [-0.1, -0.05) is 0 Å². The predicted octanol–water partition coefficient (Wildman–Crippen LogP) is -0.0866. The van der Waals surface area contributed by atoms with Gasteiger partial charge in [0, 0.05) is 19.0 Å². The highest BCUT2D eigenvalue weighted by molar-refractivity contribution is 5.88. The molecule has 17 heavy (non-hydrogen) atoms. The number of carbonyl (C=O) groups excluding carboxylic acids is 2. The van der Waals surface area contributed by atoms with Crippen molar-refractivity contribution in [1.82, 2.24) is 16.0 Å². The maximum absolute atomic E-state index is 11.7. The summed E-state index contributed by atoms with van der Waals surface area (Å²) in [7, 11) is 0. The summed E-state index contributed by atoms with van der Waals surface area (Å²) in [5.41, 5.74) is 0. The number of piperidine rings is 1. The van der Waals surface area contributed by atoms with Crippen molar-refractivity contribution in [2.75, 3.05) is 13.1 Å². The monoisotopic (exact) mass is 239 g/mol. The van der Waals surface area contributed by atoms with Crippen molar-refractivity contribution < 1.29 is 9.59 Å². The molecule has 0 aromatic carbocycles. The standard InChI is InChI=1S/C12H21N3O2/c16-11(6-5-9-3-1-7-13-9)15-10-4-2-8-14-12(10)17/h9-10,13H,1-8H2,(H,14,17)(H,15,16). The van der Waals surface area contributed by atoms with E-state index in [-0.39, 0.29) is 17.9 Å². The van der Waals surface area contributed by atoms with E-state index in [4.69, 9.17) is 0 Å². The average Bonchev–Trinajstić information content (AvgIpc) is 2.82. The third-order valence-corrected chi connectivity index (χ3v) is 3.50. The first kappa shape index (κ1) is 12.4. The van der Waals surface area contributed by atoms with Gasteiger partial charge >= 0.3 is 0 Å². The first-order valence-electron chi connectivity index (χ1n) is 6.56. The van der Waals surface area contributed by atoms with Crippen LogP contribution in [0.4, 0.5) is 0 Å². The Labute approximate surface area is 102 Å². The van der Waals surface area contributed by atoms with Crippen molar-refractivity contribution in [2.24, 2.45) is 0 Å². The third kappa shape index (κ3) is 3.70. The summed E-state index contributed by atoms with van der Waals surface area (Å²) in [5.74, 6) is -0.0376. The molecule has 0 spiro atoms. The minimum absolute atomic E-state index is 0.000694. The summed E-state index contributed by atoms with van der Waals surface area (Å²) in [6.45, 7) is 1.80. The molecule has 0 aliphatic carbocycles. The van der Waals surface area contributed by atoms with Crippen LogP contribution in [-0.2, 0) is 9.59 Å². The van der Waals surface area contributed by atoms with Crippen molar-refractivity contribution in [1.29, 1.82) is 0 Å². The summed E-state index contributed by atoms with van der Waals surface area (Å²) in [6.07, 6.45) is 5.47. The fraction of sp³-hybridized carbons (Fsp3) is 0.833. The van der Waals surface area contributed by atoms with Gasteiger partial charge in [0.15, 0.2) is 0 Å². The average molecular weight is 239 g/mol. The van der Waals surface area contributed by atoms with Crippen LogP contribution in [0.5, 0.6) is 0 Å². The van der Waals surface area contributed by atoms with Gasteiger partial charge in [-0.3, -0.25) is 9.59 Å². The zero-order chi connectivity index (χ0) is 12.1. The van der Waals surface area contributed by atoms with Crippen molar-refractivity contribution in [3.05, 3.63) is 0 Å². The second-order valence-corrected chi connectivity index (χ2v) is 4.89. The fourth-order valence-electron chi connectivity index (χ4n) is 2.48. The highest BCUT2D eigenvalue weighted by atomic mass is 16.2. The Morgan fingerprint density at radius 1 is 1.29 bits per heavy atom. The lowest BCUT2D eigenvalue weighted by atomic mass is 10.1. The fourth-order valence-corrected chi connectivity index (χ4v) is 2.48. The van der Waals surface area contributed by atoms with Crippen molar-refractivity contribution in [3.8, 4) is 0 Å². The molecule has 2 heterocycles. The molecule has 0 bridgehead atoms. The van der Waals surface area contributed by atoms with Crippen LogP contribution in [0.1, 0.15) is 38.5 Å². The molecule has 0 radical (unpaired) electrons. The minimum Gasteiger partial charge on any atom is -0.354 e. The van der Waals surface area contributed by atoms with Gasteiger partial charge in [-0.25, -0.2) is 0 Å². The van der Waals surface area contributed by atoms with Gasteiger partial charge in [0.1, 0.15) is 6.04 Å². The topological polar surface area (TPSA) is 70.2 Å². The molecule has 2 saturated heterocycles. The summed E-state index contributed by atoms with van der Waals surface area (Å²) in [5, 5.41) is 8.95. The molecule has 2 unspecified atom stereocenters. The van der Waals surface area contributed by atoms with Crippen molar-refractivity contribution in [3.63, 3.8) is 0 Å². The zero-order valence-corrected chi connectivity index (χ0v) is 10.1. The Balaban J connectivity index is 1.67. The van der Waals surface area contributed by atoms with Crippen LogP contribution in [-0.4, -0.2) is 37.0 Å². The van der Waals surface area contributed by atoms with Gasteiger partial charge in [0.2, 0.25) is 11.8 Å². The quantitative estimate of drug-likeness (QED) is 0.642. The van der Waals surface area contributed by atoms with Crippen LogP contribution < -0.4 is 16.0 Å². The van der Waals surface area contributed by atoms with Crippen LogP contribution in [0.25, 0.3) is 0 Å². The summed E-state index contributed by atoms with van der Waals surface area (Å²) in [6, 6.07) is 0.175.